The highest BCUT2D eigenvalue weighted by atomic mass is 16.5. The van der Waals surface area contributed by atoms with E-state index in [1.807, 2.05) is 118 Å². The van der Waals surface area contributed by atoms with Gasteiger partial charge in [-0.25, -0.2) is 0 Å². The number of hydrogen-bond donors (Lipinski definition) is 6. The summed E-state index contributed by atoms with van der Waals surface area (Å²) >= 11 is 0. The van der Waals surface area contributed by atoms with Crippen LogP contribution in [0.1, 0.15) is 319 Å². The van der Waals surface area contributed by atoms with Gasteiger partial charge in [-0.2, -0.15) is 0 Å². The van der Waals surface area contributed by atoms with E-state index in [1.54, 1.807) is 18.2 Å². The summed E-state index contributed by atoms with van der Waals surface area (Å²) in [6.45, 7) is 61.1. The molecule has 0 saturated carbocycles. The van der Waals surface area contributed by atoms with Crippen molar-refractivity contribution in [2.45, 2.75) is 336 Å². The largest absolute Gasteiger partial charge is 0.361 e. The molecule has 12 unspecified atom stereocenters. The fourth-order valence-electron chi connectivity index (χ4n) is 12.1. The van der Waals surface area contributed by atoms with Crippen molar-refractivity contribution in [1.82, 2.24) is 92.2 Å². The second-order valence-corrected chi connectivity index (χ2v) is 31.2. The molecule has 0 fully saturated rings. The number of hydrogen-bond acceptors (Lipinski definition) is 24. The highest BCUT2D eigenvalue weighted by Crippen LogP contribution is 2.19. The molecule has 6 rings (SSSR count). The van der Waals surface area contributed by atoms with Gasteiger partial charge in [0, 0.05) is 146 Å². The van der Waals surface area contributed by atoms with Crippen molar-refractivity contribution in [2.24, 2.45) is 0 Å². The number of likely N-dealkylation sites (N-methyl/N-ethyl adjacent to an activating group) is 6. The van der Waals surface area contributed by atoms with E-state index in [-0.39, 0.29) is 108 Å². The van der Waals surface area contributed by atoms with Gasteiger partial charge in [0.15, 0.2) is 34.2 Å². The first-order chi connectivity index (χ1) is 55.2. The minimum absolute atomic E-state index is 0.0543. The molecule has 0 spiro atoms. The number of nitrogens with one attached hydrogen (secondary N) is 6. The van der Waals surface area contributed by atoms with Gasteiger partial charge in [0.05, 0.1) is 0 Å². The summed E-state index contributed by atoms with van der Waals surface area (Å²) in [5.74, 6) is 3.53. The van der Waals surface area contributed by atoms with Gasteiger partial charge in [0.1, 0.15) is 34.6 Å². The number of aryl methyl sites for hydroxylation is 6. The predicted molar refractivity (Wildman–Crippen MR) is 465 cm³/mol. The number of aromatic nitrogens is 6. The van der Waals surface area contributed by atoms with Crippen molar-refractivity contribution in [1.29, 1.82) is 0 Å². The molecule has 0 saturated heterocycles. The van der Waals surface area contributed by atoms with Crippen LogP contribution in [-0.2, 0) is 38.5 Å². The van der Waals surface area contributed by atoms with Gasteiger partial charge in [0.25, 0.3) is 35.4 Å². The Morgan fingerprint density at radius 2 is 0.504 bits per heavy atom. The highest BCUT2D eigenvalue weighted by Gasteiger charge is 2.29. The van der Waals surface area contributed by atoms with Gasteiger partial charge in [-0.05, 0) is 211 Å². The lowest BCUT2D eigenvalue weighted by Crippen LogP contribution is -2.47. The Balaban J connectivity index is 0.000000702. The van der Waals surface area contributed by atoms with Crippen LogP contribution in [0.25, 0.3) is 0 Å². The van der Waals surface area contributed by atoms with Crippen LogP contribution in [0, 0.1) is 20.8 Å². The molecule has 30 nitrogen and oxygen atoms in total. The van der Waals surface area contributed by atoms with Crippen LogP contribution in [0.4, 0.5) is 0 Å². The Labute approximate surface area is 702 Å². The molecule has 666 valence electrons. The fraction of sp³-hybridized carbons (Fsp3) is 0.724. The lowest BCUT2D eigenvalue weighted by atomic mass is 10.1. The van der Waals surface area contributed by atoms with Gasteiger partial charge >= 0.3 is 0 Å². The van der Waals surface area contributed by atoms with Crippen molar-refractivity contribution < 1.29 is 55.9 Å². The zero-order chi connectivity index (χ0) is 89.1. The van der Waals surface area contributed by atoms with Crippen molar-refractivity contribution >= 4 is 35.4 Å². The Kier molecular flexibility index (Phi) is 51.4. The van der Waals surface area contributed by atoms with E-state index < -0.39 is 0 Å². The predicted octanol–water partition coefficient (Wildman–Crippen LogP) is 13.4. The number of rotatable bonds is 42. The molecule has 0 radical (unpaired) electrons. The van der Waals surface area contributed by atoms with E-state index in [1.165, 1.54) is 25.7 Å². The normalized spacial score (nSPS) is 14.4. The molecule has 6 heterocycles. The van der Waals surface area contributed by atoms with Crippen LogP contribution >= 0.6 is 0 Å². The molecule has 0 aromatic carbocycles. The topological polar surface area (TPSA) is 350 Å². The average molecular weight is 1650 g/mol. The summed E-state index contributed by atoms with van der Waals surface area (Å²) in [5.41, 5.74) is 4.79. The molecular weight excluding hydrogens is 1490 g/mol. The number of amides is 6. The molecular formula is C87H156N18O12. The quantitative estimate of drug-likeness (QED) is 0.0207. The van der Waals surface area contributed by atoms with Crippen LogP contribution in [0.2, 0.25) is 0 Å². The molecule has 0 bridgehead atoms. The molecule has 12 atom stereocenters. The molecule has 30 heteroatoms. The molecule has 6 aromatic rings. The number of nitrogens with zero attached hydrogens (tertiary/aromatic N) is 12. The standard InChI is InChI=1S/C16H29N3O2.2C15H27N3O2.2C14H25N3O2.C13H23N3O2/c1-7-9-10-19(6)13(5)12(4)17-16(20)15-11(3)14(8-2)21-18-15;1-7-9-18(6)12(5)11(4)16-15(19)14-10(3)13(8-2)20-17-14;1-6-8-9-18(5)12(4)11(3)16-15(19)14-10-13(7-2)20-17-14;1-7-12-9(3)13(16-19-12)14(18)15-10(4)11(5)17(6)8-2;1-6-8-17(5)11(4)10(3)15-14(18)13-9-12(7-2)19-16-13;1-6-11-8-12(15-18-11)13(17)14-9(3)10(4)16(5)7-2/h12-13H,7-10H2,1-6H3,(H,17,20);11-12H,7-9H2,1-6H3,(H,16,19);10-12H,6-9H2,1-5H3,(H,16,19);10-11H,7-8H2,1-6H3,(H,15,18);9-11H,6-8H2,1-5H3,(H,15,18);8-10H,6-7H2,1-5H3,(H,14,17). The first kappa shape index (κ1) is 107. The van der Waals surface area contributed by atoms with E-state index in [0.29, 0.717) is 34.2 Å². The summed E-state index contributed by atoms with van der Waals surface area (Å²) in [5, 5.41) is 40.9. The van der Waals surface area contributed by atoms with E-state index >= 15 is 0 Å². The minimum atomic E-state index is -0.178. The third kappa shape index (κ3) is 35.7. The van der Waals surface area contributed by atoms with Crippen molar-refractivity contribution in [2.75, 3.05) is 81.6 Å². The van der Waals surface area contributed by atoms with E-state index in [2.05, 4.69) is 204 Å². The monoisotopic (exact) mass is 1650 g/mol. The van der Waals surface area contributed by atoms with Crippen molar-refractivity contribution in [3.05, 3.63) is 104 Å². The maximum absolute atomic E-state index is 12.3. The van der Waals surface area contributed by atoms with Gasteiger partial charge in [-0.3, -0.25) is 28.8 Å². The smallest absolute Gasteiger partial charge is 0.274 e. The number of unbranched alkanes of at least 4 members (excludes halogenated alkanes) is 2. The first-order valence-corrected chi connectivity index (χ1v) is 43.0. The fourth-order valence-corrected chi connectivity index (χ4v) is 12.1. The van der Waals surface area contributed by atoms with E-state index in [0.717, 1.165) is 142 Å². The average Bonchev–Trinajstić information content (AvgIpc) is 1.71. The minimum Gasteiger partial charge on any atom is -0.361 e. The lowest BCUT2D eigenvalue weighted by molar-refractivity contribution is 0.0894. The van der Waals surface area contributed by atoms with E-state index in [4.69, 9.17) is 27.1 Å². The SMILES string of the molecule is CCCCN(C)C(C)C(C)NC(=O)c1cc(CC)on1.CCCCN(C)C(C)C(C)NC(=O)c1noc(CC)c1C.CCCN(C)C(C)C(C)NC(=O)c1cc(CC)on1.CCCN(C)C(C)C(C)NC(=O)c1noc(CC)c1C.CCc1cc(C(=O)NC(C)C(C)N(C)CC)no1.CCc1onc(C(=O)NC(C)C(C)N(C)CC)c1C. The molecule has 6 amide bonds. The zero-order valence-corrected chi connectivity index (χ0v) is 78.2. The maximum Gasteiger partial charge on any atom is 0.274 e. The lowest BCUT2D eigenvalue weighted by Gasteiger charge is -2.30. The van der Waals surface area contributed by atoms with Gasteiger partial charge in [-0.15, -0.1) is 0 Å². The summed E-state index contributed by atoms with van der Waals surface area (Å²) in [4.78, 5) is 86.2. The number of carbonyl (C=O) groups is 6. The van der Waals surface area contributed by atoms with Gasteiger partial charge in [0.2, 0.25) is 0 Å². The highest BCUT2D eigenvalue weighted by molar-refractivity contribution is 5.96. The van der Waals surface area contributed by atoms with Crippen LogP contribution in [-0.4, -0.2) is 250 Å². The van der Waals surface area contributed by atoms with Gasteiger partial charge in [-0.1, -0.05) is 127 Å². The molecule has 117 heavy (non-hydrogen) atoms. The maximum atomic E-state index is 12.3. The molecule has 6 N–H and O–H groups in total. The third-order valence-electron chi connectivity index (χ3n) is 22.6. The van der Waals surface area contributed by atoms with Crippen LogP contribution in [0.15, 0.2) is 45.3 Å². The summed E-state index contributed by atoms with van der Waals surface area (Å²) in [6, 6.07) is 7.09. The van der Waals surface area contributed by atoms with Crippen LogP contribution < -0.4 is 31.9 Å². The Hall–Kier alpha value is -8.16. The molecule has 0 aliphatic carbocycles. The summed E-state index contributed by atoms with van der Waals surface area (Å²) in [6.07, 6.45) is 11.4. The Bertz CT molecular complexity index is 3770. The first-order valence-electron chi connectivity index (χ1n) is 43.0. The van der Waals surface area contributed by atoms with Crippen molar-refractivity contribution in [3.63, 3.8) is 0 Å². The molecule has 6 aromatic heterocycles. The third-order valence-corrected chi connectivity index (χ3v) is 22.6. The second kappa shape index (κ2) is 56.3. The van der Waals surface area contributed by atoms with E-state index in [9.17, 15) is 28.8 Å². The Morgan fingerprint density at radius 3 is 0.684 bits per heavy atom. The zero-order valence-electron chi connectivity index (χ0n) is 78.2. The second-order valence-electron chi connectivity index (χ2n) is 31.2. The molecule has 0 aliphatic rings. The molecule has 0 aliphatic heterocycles. The Morgan fingerprint density at radius 1 is 0.291 bits per heavy atom. The summed E-state index contributed by atoms with van der Waals surface area (Å²) in [7, 11) is 12.4. The van der Waals surface area contributed by atoms with Crippen LogP contribution in [0.5, 0.6) is 0 Å². The van der Waals surface area contributed by atoms with Crippen LogP contribution in [0.3, 0.4) is 0 Å². The number of carbonyl (C=O) groups excluding carboxylic acids is 6. The summed E-state index contributed by atoms with van der Waals surface area (Å²) < 4.78 is 30.6. The van der Waals surface area contributed by atoms with Crippen molar-refractivity contribution in [3.8, 4) is 0 Å². The van der Waals surface area contributed by atoms with Gasteiger partial charge < -0.3 is 88.4 Å².